The molecule has 0 spiro atoms. The van der Waals surface area contributed by atoms with Crippen molar-refractivity contribution in [3.8, 4) is 0 Å². The summed E-state index contributed by atoms with van der Waals surface area (Å²) in [6.45, 7) is 19.4. The van der Waals surface area contributed by atoms with Crippen LogP contribution in [0.1, 0.15) is 99.3 Å². The first-order chi connectivity index (χ1) is 11.8. The van der Waals surface area contributed by atoms with E-state index in [0.717, 1.165) is 23.3 Å². The zero-order valence-corrected chi connectivity index (χ0v) is 18.1. The highest BCUT2D eigenvalue weighted by Crippen LogP contribution is 2.22. The highest BCUT2D eigenvalue weighted by atomic mass is 14.1. The molecule has 1 radical (unpaired) electrons. The maximum Gasteiger partial charge on any atom is -0.0259 e. The minimum Gasteiger partial charge on any atom is -0.0817 e. The van der Waals surface area contributed by atoms with Gasteiger partial charge in [0.1, 0.15) is 0 Å². The van der Waals surface area contributed by atoms with Crippen LogP contribution in [0.3, 0.4) is 0 Å². The third-order valence-electron chi connectivity index (χ3n) is 5.29. The number of rotatable bonds is 15. The van der Waals surface area contributed by atoms with Crippen LogP contribution < -0.4 is 0 Å². The van der Waals surface area contributed by atoms with Crippen molar-refractivity contribution in [1.29, 1.82) is 0 Å². The summed E-state index contributed by atoms with van der Waals surface area (Å²) in [4.78, 5) is 0. The lowest BCUT2D eigenvalue weighted by Gasteiger charge is -2.15. The van der Waals surface area contributed by atoms with Gasteiger partial charge in [0.05, 0.1) is 0 Å². The topological polar surface area (TPSA) is 0 Å². The van der Waals surface area contributed by atoms with Crippen molar-refractivity contribution in [2.24, 2.45) is 23.7 Å². The van der Waals surface area contributed by atoms with Crippen molar-refractivity contribution in [2.45, 2.75) is 99.3 Å². The maximum atomic E-state index is 5.47. The third kappa shape index (κ3) is 16.4. The van der Waals surface area contributed by atoms with Crippen molar-refractivity contribution in [1.82, 2.24) is 0 Å². The predicted molar refractivity (Wildman–Crippen MR) is 116 cm³/mol. The summed E-state index contributed by atoms with van der Waals surface area (Å²) in [5.74, 6) is 3.32. The number of hydrogen-bond acceptors (Lipinski definition) is 0. The zero-order chi connectivity index (χ0) is 19.1. The van der Waals surface area contributed by atoms with E-state index in [1.807, 2.05) is 6.92 Å². The van der Waals surface area contributed by atoms with Crippen LogP contribution in [0.4, 0.5) is 0 Å². The Balaban J connectivity index is 3.69. The fraction of sp³-hybridized carbons (Fsp3) is 0.760. The molecule has 0 aliphatic carbocycles. The first kappa shape index (κ1) is 24.2. The van der Waals surface area contributed by atoms with Crippen LogP contribution in [-0.2, 0) is 0 Å². The summed E-state index contributed by atoms with van der Waals surface area (Å²) in [6, 6.07) is 0. The average Bonchev–Trinajstić information content (AvgIpc) is 2.54. The SMILES string of the molecule is [CH]=C/C(C)=C/C=C/C(C)CCCC(C)CCCC(C)CCCC(C)C. The second-order valence-corrected chi connectivity index (χ2v) is 8.84. The monoisotopic (exact) mass is 345 g/mol. The van der Waals surface area contributed by atoms with Crippen LogP contribution in [0.5, 0.6) is 0 Å². The van der Waals surface area contributed by atoms with Gasteiger partial charge in [0.25, 0.3) is 0 Å². The predicted octanol–water partition coefficient (Wildman–Crippen LogP) is 8.55. The minimum absolute atomic E-state index is 0.662. The van der Waals surface area contributed by atoms with E-state index in [4.69, 9.17) is 6.58 Å². The van der Waals surface area contributed by atoms with Crippen molar-refractivity contribution in [3.63, 3.8) is 0 Å². The van der Waals surface area contributed by atoms with Gasteiger partial charge in [-0.25, -0.2) is 0 Å². The smallest absolute Gasteiger partial charge is 0.0259 e. The molecule has 0 aliphatic rings. The molecule has 145 valence electrons. The van der Waals surface area contributed by atoms with Crippen molar-refractivity contribution >= 4 is 0 Å². The normalized spacial score (nSPS) is 16.4. The Kier molecular flexibility index (Phi) is 15.0. The molecule has 0 heterocycles. The van der Waals surface area contributed by atoms with Crippen molar-refractivity contribution < 1.29 is 0 Å². The molecule has 3 atom stereocenters. The van der Waals surface area contributed by atoms with E-state index >= 15 is 0 Å². The van der Waals surface area contributed by atoms with Gasteiger partial charge in [0, 0.05) is 0 Å². The molecule has 0 bridgehead atoms. The van der Waals surface area contributed by atoms with E-state index < -0.39 is 0 Å². The highest BCUT2D eigenvalue weighted by molar-refractivity contribution is 5.18. The Morgan fingerprint density at radius 3 is 1.72 bits per heavy atom. The Bertz CT molecular complexity index is 371. The van der Waals surface area contributed by atoms with E-state index in [1.165, 1.54) is 57.8 Å². The summed E-state index contributed by atoms with van der Waals surface area (Å²) >= 11 is 0. The second-order valence-electron chi connectivity index (χ2n) is 8.84. The third-order valence-corrected chi connectivity index (χ3v) is 5.29. The lowest BCUT2D eigenvalue weighted by molar-refractivity contribution is 0.383. The lowest BCUT2D eigenvalue weighted by atomic mass is 9.91. The fourth-order valence-electron chi connectivity index (χ4n) is 3.32. The van der Waals surface area contributed by atoms with Crippen molar-refractivity contribution in [3.05, 3.63) is 36.5 Å². The highest BCUT2D eigenvalue weighted by Gasteiger charge is 2.07. The fourth-order valence-corrected chi connectivity index (χ4v) is 3.32. The molecule has 3 unspecified atom stereocenters. The van der Waals surface area contributed by atoms with Gasteiger partial charge in [-0.1, -0.05) is 122 Å². The van der Waals surface area contributed by atoms with Gasteiger partial charge in [-0.05, 0) is 37.0 Å². The van der Waals surface area contributed by atoms with Gasteiger partial charge in [-0.15, -0.1) is 0 Å². The quantitative estimate of drug-likeness (QED) is 0.261. The van der Waals surface area contributed by atoms with Gasteiger partial charge in [-0.2, -0.15) is 0 Å². The molecule has 0 aromatic carbocycles. The van der Waals surface area contributed by atoms with Gasteiger partial charge in [0.2, 0.25) is 0 Å². The van der Waals surface area contributed by atoms with Gasteiger partial charge in [-0.3, -0.25) is 0 Å². The molecule has 0 N–H and O–H groups in total. The van der Waals surface area contributed by atoms with E-state index in [0.29, 0.717) is 5.92 Å². The first-order valence-electron chi connectivity index (χ1n) is 10.7. The molecule has 0 nitrogen and oxygen atoms in total. The number of allylic oxidation sites excluding steroid dienone is 5. The molecule has 0 saturated carbocycles. The molecule has 0 saturated heterocycles. The van der Waals surface area contributed by atoms with Gasteiger partial charge >= 0.3 is 0 Å². The Morgan fingerprint density at radius 2 is 1.24 bits per heavy atom. The van der Waals surface area contributed by atoms with Crippen LogP contribution >= 0.6 is 0 Å². The summed E-state index contributed by atoms with van der Waals surface area (Å²) in [7, 11) is 0. The Labute approximate surface area is 159 Å². The molecule has 0 aliphatic heterocycles. The maximum absolute atomic E-state index is 5.47. The first-order valence-corrected chi connectivity index (χ1v) is 10.7. The average molecular weight is 346 g/mol. The summed E-state index contributed by atoms with van der Waals surface area (Å²) in [6.07, 6.45) is 20.7. The van der Waals surface area contributed by atoms with Gasteiger partial charge in [0.15, 0.2) is 0 Å². The van der Waals surface area contributed by atoms with Crippen LogP contribution in [0.15, 0.2) is 29.9 Å². The zero-order valence-electron chi connectivity index (χ0n) is 18.1. The van der Waals surface area contributed by atoms with Crippen molar-refractivity contribution in [2.75, 3.05) is 0 Å². The van der Waals surface area contributed by atoms with Gasteiger partial charge < -0.3 is 0 Å². The Hall–Kier alpha value is -0.780. The summed E-state index contributed by atoms with van der Waals surface area (Å²) < 4.78 is 0. The standard InChI is InChI=1S/C25H45/c1-8-22(4)14-10-16-24(6)18-12-20-25(7)19-11-17-23(5)15-9-13-21(2)3/h1,8,10,14,16,21,23-25H,9,11-13,15,17-20H2,2-7H3/b8-1?,16-10+,22-14+. The molecule has 0 heteroatoms. The Morgan fingerprint density at radius 1 is 0.760 bits per heavy atom. The van der Waals surface area contributed by atoms with Crippen LogP contribution in [0.25, 0.3) is 0 Å². The van der Waals surface area contributed by atoms with E-state index in [-0.39, 0.29) is 0 Å². The van der Waals surface area contributed by atoms with Crippen LogP contribution in [0.2, 0.25) is 0 Å². The lowest BCUT2D eigenvalue weighted by Crippen LogP contribution is -2.01. The van der Waals surface area contributed by atoms with Crippen LogP contribution in [-0.4, -0.2) is 0 Å². The van der Waals surface area contributed by atoms with E-state index in [2.05, 4.69) is 52.8 Å². The largest absolute Gasteiger partial charge is 0.0817 e. The molecule has 0 rings (SSSR count). The second kappa shape index (κ2) is 15.5. The molecule has 0 amide bonds. The molecule has 0 fully saturated rings. The summed E-state index contributed by atoms with van der Waals surface area (Å²) in [5, 5.41) is 0. The minimum atomic E-state index is 0.662. The van der Waals surface area contributed by atoms with Crippen LogP contribution in [0, 0.1) is 30.3 Å². The molecular weight excluding hydrogens is 300 g/mol. The van der Waals surface area contributed by atoms with E-state index in [1.54, 1.807) is 6.08 Å². The number of hydrogen-bond donors (Lipinski definition) is 0. The molecular formula is C25H45. The van der Waals surface area contributed by atoms with E-state index in [9.17, 15) is 0 Å². The molecule has 25 heavy (non-hydrogen) atoms. The molecule has 0 aromatic rings. The summed E-state index contributed by atoms with van der Waals surface area (Å²) in [5.41, 5.74) is 1.12. The molecule has 0 aromatic heterocycles.